The van der Waals surface area contributed by atoms with Gasteiger partial charge >= 0.3 is 0 Å². The molecule has 2 rings (SSSR count). The molecule has 0 atom stereocenters. The van der Waals surface area contributed by atoms with Crippen LogP contribution in [-0.2, 0) is 0 Å². The lowest BCUT2D eigenvalue weighted by molar-refractivity contribution is 0.350. The van der Waals surface area contributed by atoms with Crippen molar-refractivity contribution in [2.45, 2.75) is 0 Å². The largest absolute Gasteiger partial charge is 0.384 e. The van der Waals surface area contributed by atoms with Crippen molar-refractivity contribution in [1.29, 1.82) is 0 Å². The average Bonchev–Trinajstić information content (AvgIpc) is 2.80. The van der Waals surface area contributed by atoms with Crippen LogP contribution in [0.25, 0.3) is 11.3 Å². The third kappa shape index (κ3) is 2.06. The highest BCUT2D eigenvalue weighted by molar-refractivity contribution is 5.67. The zero-order chi connectivity index (χ0) is 10.5. The molecule has 0 fully saturated rings. The molecule has 2 aromatic rings. The van der Waals surface area contributed by atoms with Crippen molar-refractivity contribution in [3.63, 3.8) is 0 Å². The molecular formula is C12H10N2O. The molecule has 0 aliphatic heterocycles. The minimum absolute atomic E-state index is 0.128. The molecule has 0 aliphatic rings. The Bertz CT molecular complexity index is 492. The first-order valence-electron chi connectivity index (χ1n) is 4.60. The Morgan fingerprint density at radius 3 is 2.87 bits per heavy atom. The third-order valence-electron chi connectivity index (χ3n) is 2.02. The van der Waals surface area contributed by atoms with E-state index in [1.54, 1.807) is 6.20 Å². The molecule has 1 aromatic carbocycles. The van der Waals surface area contributed by atoms with E-state index in [4.69, 9.17) is 5.11 Å². The normalized spacial score (nSPS) is 9.40. The summed E-state index contributed by atoms with van der Waals surface area (Å²) in [6.45, 7) is -0.128. The van der Waals surface area contributed by atoms with Crippen LogP contribution in [0.1, 0.15) is 5.56 Å². The van der Waals surface area contributed by atoms with Crippen molar-refractivity contribution >= 4 is 0 Å². The molecule has 3 heteroatoms. The van der Waals surface area contributed by atoms with E-state index in [2.05, 4.69) is 22.0 Å². The zero-order valence-electron chi connectivity index (χ0n) is 8.07. The third-order valence-corrected chi connectivity index (χ3v) is 2.02. The molecule has 1 aromatic heterocycles. The highest BCUT2D eigenvalue weighted by atomic mass is 16.2. The van der Waals surface area contributed by atoms with Gasteiger partial charge in [0.1, 0.15) is 6.61 Å². The molecule has 1 heterocycles. The fourth-order valence-corrected chi connectivity index (χ4v) is 1.37. The number of aromatic amines is 1. The number of aliphatic hydroxyl groups excluding tert-OH is 1. The van der Waals surface area contributed by atoms with Crippen molar-refractivity contribution in [2.75, 3.05) is 6.61 Å². The summed E-state index contributed by atoms with van der Waals surface area (Å²) in [6.07, 6.45) is 1.70. The predicted molar refractivity (Wildman–Crippen MR) is 58.0 cm³/mol. The van der Waals surface area contributed by atoms with Gasteiger partial charge in [0.25, 0.3) is 0 Å². The zero-order valence-corrected chi connectivity index (χ0v) is 8.07. The summed E-state index contributed by atoms with van der Waals surface area (Å²) in [5.41, 5.74) is 2.81. The van der Waals surface area contributed by atoms with Crippen LogP contribution >= 0.6 is 0 Å². The number of H-pyrrole nitrogens is 1. The van der Waals surface area contributed by atoms with Crippen molar-refractivity contribution in [2.24, 2.45) is 0 Å². The number of hydrogen-bond donors (Lipinski definition) is 2. The maximum Gasteiger partial charge on any atom is 0.104 e. The summed E-state index contributed by atoms with van der Waals surface area (Å²) in [6, 6.07) is 9.63. The summed E-state index contributed by atoms with van der Waals surface area (Å²) in [7, 11) is 0. The number of aliphatic hydroxyl groups is 1. The lowest BCUT2D eigenvalue weighted by Gasteiger charge is -2.00. The maximum atomic E-state index is 8.66. The molecule has 74 valence electrons. The monoisotopic (exact) mass is 198 g/mol. The summed E-state index contributed by atoms with van der Waals surface area (Å²) in [4.78, 5) is 0. The predicted octanol–water partition coefficient (Wildman–Crippen LogP) is 1.42. The summed E-state index contributed by atoms with van der Waals surface area (Å²) in [5, 5.41) is 15.4. The smallest absolute Gasteiger partial charge is 0.104 e. The summed E-state index contributed by atoms with van der Waals surface area (Å²) in [5.74, 6) is 5.54. The van der Waals surface area contributed by atoms with E-state index in [0.29, 0.717) is 0 Å². The van der Waals surface area contributed by atoms with Gasteiger partial charge in [-0.25, -0.2) is 0 Å². The molecule has 0 unspecified atom stereocenters. The van der Waals surface area contributed by atoms with Gasteiger partial charge in [-0.1, -0.05) is 30.0 Å². The number of aromatic nitrogens is 2. The quantitative estimate of drug-likeness (QED) is 0.681. The van der Waals surface area contributed by atoms with Crippen LogP contribution in [0.2, 0.25) is 0 Å². The number of nitrogens with one attached hydrogen (secondary N) is 1. The molecule has 3 nitrogen and oxygen atoms in total. The van der Waals surface area contributed by atoms with Crippen LogP contribution in [0.3, 0.4) is 0 Å². The highest BCUT2D eigenvalue weighted by Crippen LogP contribution is 2.19. The van der Waals surface area contributed by atoms with E-state index in [9.17, 15) is 0 Å². The average molecular weight is 198 g/mol. The van der Waals surface area contributed by atoms with Crippen LogP contribution in [0, 0.1) is 11.8 Å². The molecule has 0 bridgehead atoms. The molecule has 15 heavy (non-hydrogen) atoms. The minimum atomic E-state index is -0.128. The summed E-state index contributed by atoms with van der Waals surface area (Å²) >= 11 is 0. The summed E-state index contributed by atoms with van der Waals surface area (Å²) < 4.78 is 0. The Labute approximate surface area is 87.8 Å². The van der Waals surface area contributed by atoms with E-state index < -0.39 is 0 Å². The van der Waals surface area contributed by atoms with Crippen molar-refractivity contribution in [3.05, 3.63) is 42.1 Å². The second-order valence-corrected chi connectivity index (χ2v) is 2.98. The van der Waals surface area contributed by atoms with Crippen molar-refractivity contribution in [1.82, 2.24) is 10.2 Å². The highest BCUT2D eigenvalue weighted by Gasteiger charge is 2.02. The Morgan fingerprint density at radius 1 is 1.27 bits per heavy atom. The SMILES string of the molecule is OCC#Cc1ccccc1-c1ccn[nH]1. The number of nitrogens with zero attached hydrogens (tertiary/aromatic N) is 1. The number of rotatable bonds is 1. The van der Waals surface area contributed by atoms with Crippen LogP contribution in [0.15, 0.2) is 36.5 Å². The Balaban J connectivity index is 2.47. The molecule has 0 saturated carbocycles. The van der Waals surface area contributed by atoms with E-state index in [-0.39, 0.29) is 6.61 Å². The first kappa shape index (κ1) is 9.50. The fourth-order valence-electron chi connectivity index (χ4n) is 1.37. The molecule has 0 aliphatic carbocycles. The second-order valence-electron chi connectivity index (χ2n) is 2.98. The van der Waals surface area contributed by atoms with E-state index in [1.165, 1.54) is 0 Å². The number of benzene rings is 1. The molecule has 0 radical (unpaired) electrons. The van der Waals surface area contributed by atoms with Gasteiger partial charge in [0.15, 0.2) is 0 Å². The number of hydrogen-bond acceptors (Lipinski definition) is 2. The van der Waals surface area contributed by atoms with E-state index >= 15 is 0 Å². The Morgan fingerprint density at radius 2 is 2.13 bits per heavy atom. The minimum Gasteiger partial charge on any atom is -0.384 e. The first-order chi connectivity index (χ1) is 7.42. The molecular weight excluding hydrogens is 188 g/mol. The standard InChI is InChI=1S/C12H10N2O/c15-9-3-5-10-4-1-2-6-11(10)12-7-8-13-14-12/h1-2,4,6-8,15H,9H2,(H,13,14). The topological polar surface area (TPSA) is 48.9 Å². The molecule has 2 N–H and O–H groups in total. The van der Waals surface area contributed by atoms with E-state index in [0.717, 1.165) is 16.8 Å². The first-order valence-corrected chi connectivity index (χ1v) is 4.60. The van der Waals surface area contributed by atoms with Gasteiger partial charge in [-0.3, -0.25) is 5.10 Å². The van der Waals surface area contributed by atoms with Crippen LogP contribution in [0.4, 0.5) is 0 Å². The molecule has 0 spiro atoms. The molecule has 0 saturated heterocycles. The van der Waals surface area contributed by atoms with Crippen LogP contribution in [-0.4, -0.2) is 21.9 Å². The van der Waals surface area contributed by atoms with Crippen LogP contribution < -0.4 is 0 Å². The second kappa shape index (κ2) is 4.45. The van der Waals surface area contributed by atoms with Gasteiger partial charge < -0.3 is 5.11 Å². The van der Waals surface area contributed by atoms with Gasteiger partial charge in [0.2, 0.25) is 0 Å². The fraction of sp³-hybridized carbons (Fsp3) is 0.0833. The van der Waals surface area contributed by atoms with Crippen molar-refractivity contribution < 1.29 is 5.11 Å². The molecule has 0 amide bonds. The van der Waals surface area contributed by atoms with Crippen LogP contribution in [0.5, 0.6) is 0 Å². The Kier molecular flexibility index (Phi) is 2.82. The van der Waals surface area contributed by atoms with Gasteiger partial charge in [-0.2, -0.15) is 5.10 Å². The van der Waals surface area contributed by atoms with E-state index in [1.807, 2.05) is 30.3 Å². The van der Waals surface area contributed by atoms with Gasteiger partial charge in [-0.15, -0.1) is 0 Å². The Hall–Kier alpha value is -2.05. The van der Waals surface area contributed by atoms with Gasteiger partial charge in [0.05, 0.1) is 5.69 Å². The van der Waals surface area contributed by atoms with Gasteiger partial charge in [-0.05, 0) is 12.1 Å². The lowest BCUT2D eigenvalue weighted by atomic mass is 10.1. The van der Waals surface area contributed by atoms with Crippen molar-refractivity contribution in [3.8, 4) is 23.1 Å². The lowest BCUT2D eigenvalue weighted by Crippen LogP contribution is -1.84. The van der Waals surface area contributed by atoms with Gasteiger partial charge in [0, 0.05) is 17.3 Å². The maximum absolute atomic E-state index is 8.66.